The monoisotopic (exact) mass is 518 g/mol. The molecule has 2 aromatic heterocycles. The number of aromatic nitrogens is 2. The fraction of sp³-hybridized carbons (Fsp3) is 0.379. The van der Waals surface area contributed by atoms with Gasteiger partial charge in [0.2, 0.25) is 0 Å². The van der Waals surface area contributed by atoms with Crippen LogP contribution < -0.4 is 14.8 Å². The quantitative estimate of drug-likeness (QED) is 0.344. The molecule has 0 bridgehead atoms. The molecule has 194 valence electrons. The molecule has 8 heteroatoms. The summed E-state index contributed by atoms with van der Waals surface area (Å²) in [4.78, 5) is 17.3. The first kappa shape index (κ1) is 25.3. The highest BCUT2D eigenvalue weighted by Gasteiger charge is 2.22. The van der Waals surface area contributed by atoms with Gasteiger partial charge in [0.25, 0.3) is 5.91 Å². The average Bonchev–Trinajstić information content (AvgIpc) is 3.48. The maximum absolute atomic E-state index is 13.1. The molecule has 0 radical (unpaired) electrons. The predicted molar refractivity (Wildman–Crippen MR) is 149 cm³/mol. The molecular weight excluding hydrogens is 484 g/mol. The van der Waals surface area contributed by atoms with Crippen molar-refractivity contribution < 1.29 is 14.3 Å². The Hall–Kier alpha value is -3.36. The van der Waals surface area contributed by atoms with Crippen molar-refractivity contribution >= 4 is 27.5 Å². The van der Waals surface area contributed by atoms with Gasteiger partial charge in [0.05, 0.1) is 19.1 Å². The molecule has 3 heterocycles. The number of aryl methyl sites for hydroxylation is 2. The van der Waals surface area contributed by atoms with E-state index in [1.54, 1.807) is 14.2 Å². The Kier molecular flexibility index (Phi) is 7.48. The van der Waals surface area contributed by atoms with Crippen molar-refractivity contribution in [3.63, 3.8) is 0 Å². The first-order valence-electron chi connectivity index (χ1n) is 12.7. The highest BCUT2D eigenvalue weighted by atomic mass is 32.1. The summed E-state index contributed by atoms with van der Waals surface area (Å²) in [7, 11) is 5.15. The van der Waals surface area contributed by atoms with Gasteiger partial charge in [0.1, 0.15) is 10.5 Å². The zero-order valence-corrected chi connectivity index (χ0v) is 22.7. The third-order valence-electron chi connectivity index (χ3n) is 7.14. The Morgan fingerprint density at radius 3 is 2.59 bits per heavy atom. The zero-order chi connectivity index (χ0) is 25.9. The lowest BCUT2D eigenvalue weighted by Gasteiger charge is -2.32. The van der Waals surface area contributed by atoms with Gasteiger partial charge >= 0.3 is 0 Å². The van der Waals surface area contributed by atoms with Gasteiger partial charge in [-0.05, 0) is 68.6 Å². The molecule has 7 nitrogen and oxygen atoms in total. The number of piperidine rings is 1. The Morgan fingerprint density at radius 1 is 1.08 bits per heavy atom. The van der Waals surface area contributed by atoms with Crippen LogP contribution >= 0.6 is 11.3 Å². The van der Waals surface area contributed by atoms with Gasteiger partial charge in [-0.1, -0.05) is 29.8 Å². The van der Waals surface area contributed by atoms with Gasteiger partial charge in [0, 0.05) is 31.1 Å². The number of carbonyl (C=O) groups excluding carboxylic acids is 1. The van der Waals surface area contributed by atoms with Crippen LogP contribution in [0.3, 0.4) is 0 Å². The molecule has 0 unspecified atom stereocenters. The van der Waals surface area contributed by atoms with Gasteiger partial charge in [-0.15, -0.1) is 11.3 Å². The number of benzene rings is 2. The number of rotatable bonds is 8. The van der Waals surface area contributed by atoms with E-state index in [1.807, 2.05) is 36.0 Å². The lowest BCUT2D eigenvalue weighted by molar-refractivity contribution is 0.0939. The second kappa shape index (κ2) is 10.9. The summed E-state index contributed by atoms with van der Waals surface area (Å²) in [5.74, 6) is 1.82. The topological polar surface area (TPSA) is 68.6 Å². The molecule has 4 aromatic rings. The van der Waals surface area contributed by atoms with Crippen LogP contribution in [0, 0.1) is 12.8 Å². The van der Waals surface area contributed by atoms with E-state index in [0.29, 0.717) is 28.8 Å². The van der Waals surface area contributed by atoms with Crippen LogP contribution in [0.2, 0.25) is 0 Å². The van der Waals surface area contributed by atoms with Crippen molar-refractivity contribution in [2.24, 2.45) is 13.0 Å². The summed E-state index contributed by atoms with van der Waals surface area (Å²) in [5.41, 5.74) is 4.43. The first-order valence-corrected chi connectivity index (χ1v) is 13.5. The number of hydrogen-bond donors (Lipinski definition) is 1. The number of amides is 1. The van der Waals surface area contributed by atoms with E-state index in [2.05, 4.69) is 41.4 Å². The normalized spacial score (nSPS) is 14.7. The molecule has 2 aromatic carbocycles. The second-order valence-electron chi connectivity index (χ2n) is 9.79. The SMILES string of the molecule is COc1ccc(-c2nn(C)c3sc(C(=O)NCC4CCN(Cc5cccc(C)c5)CC4)cc23)cc1OC. The van der Waals surface area contributed by atoms with E-state index in [-0.39, 0.29) is 5.91 Å². The standard InChI is InChI=1S/C29H34N4O3S/c1-19-6-5-7-21(14-19)18-33-12-10-20(11-13-33)17-30-28(34)26-16-23-27(31-32(2)29(23)37-26)22-8-9-24(35-3)25(15-22)36-4/h5-9,14-16,20H,10-13,17-18H2,1-4H3,(H,30,34). The highest BCUT2D eigenvalue weighted by Crippen LogP contribution is 2.37. The molecule has 37 heavy (non-hydrogen) atoms. The largest absolute Gasteiger partial charge is 0.493 e. The summed E-state index contributed by atoms with van der Waals surface area (Å²) in [5, 5.41) is 8.86. The molecular formula is C29H34N4O3S. The third kappa shape index (κ3) is 5.50. The minimum Gasteiger partial charge on any atom is -0.493 e. The Labute approximate surface area is 222 Å². The summed E-state index contributed by atoms with van der Waals surface area (Å²) in [6, 6.07) is 16.5. The number of nitrogens with zero attached hydrogens (tertiary/aromatic N) is 3. The van der Waals surface area contributed by atoms with Crippen molar-refractivity contribution in [3.05, 3.63) is 64.5 Å². The van der Waals surface area contributed by atoms with Gasteiger partial charge in [-0.25, -0.2) is 0 Å². The minimum atomic E-state index is -0.0124. The Balaban J connectivity index is 1.21. The lowest BCUT2D eigenvalue weighted by atomic mass is 9.96. The van der Waals surface area contributed by atoms with E-state index in [9.17, 15) is 4.79 Å². The van der Waals surface area contributed by atoms with E-state index in [1.165, 1.54) is 22.5 Å². The highest BCUT2D eigenvalue weighted by molar-refractivity contribution is 7.20. The van der Waals surface area contributed by atoms with Crippen LogP contribution in [0.15, 0.2) is 48.5 Å². The number of hydrogen-bond acceptors (Lipinski definition) is 6. The maximum atomic E-state index is 13.1. The van der Waals surface area contributed by atoms with Crippen LogP contribution in [0.25, 0.3) is 21.5 Å². The van der Waals surface area contributed by atoms with Crippen molar-refractivity contribution in [2.45, 2.75) is 26.3 Å². The van der Waals surface area contributed by atoms with Crippen molar-refractivity contribution in [3.8, 4) is 22.8 Å². The third-order valence-corrected chi connectivity index (χ3v) is 8.34. The van der Waals surface area contributed by atoms with E-state index in [0.717, 1.165) is 53.9 Å². The van der Waals surface area contributed by atoms with Crippen LogP contribution in [0.5, 0.6) is 11.5 Å². The van der Waals surface area contributed by atoms with Crippen molar-refractivity contribution in [1.29, 1.82) is 0 Å². The maximum Gasteiger partial charge on any atom is 0.261 e. The summed E-state index contributed by atoms with van der Waals surface area (Å²) >= 11 is 1.48. The van der Waals surface area contributed by atoms with Crippen molar-refractivity contribution in [1.82, 2.24) is 20.0 Å². The lowest BCUT2D eigenvalue weighted by Crippen LogP contribution is -2.38. The molecule has 0 spiro atoms. The zero-order valence-electron chi connectivity index (χ0n) is 21.9. The molecule has 0 saturated carbocycles. The van der Waals surface area contributed by atoms with Crippen LogP contribution in [-0.2, 0) is 13.6 Å². The number of thiophene rings is 1. The van der Waals surface area contributed by atoms with Crippen LogP contribution in [0.1, 0.15) is 33.6 Å². The number of ether oxygens (including phenoxy) is 2. The number of carbonyl (C=O) groups is 1. The van der Waals surface area contributed by atoms with Crippen LogP contribution in [0.4, 0.5) is 0 Å². The summed E-state index contributed by atoms with van der Waals surface area (Å²) in [6.07, 6.45) is 2.21. The number of nitrogens with one attached hydrogen (secondary N) is 1. The average molecular weight is 519 g/mol. The fourth-order valence-corrected chi connectivity index (χ4v) is 6.08. The molecule has 1 fully saturated rings. The molecule has 0 aliphatic carbocycles. The van der Waals surface area contributed by atoms with Gasteiger partial charge < -0.3 is 14.8 Å². The summed E-state index contributed by atoms with van der Waals surface area (Å²) < 4.78 is 12.7. The van der Waals surface area contributed by atoms with Crippen molar-refractivity contribution in [2.75, 3.05) is 33.9 Å². The van der Waals surface area contributed by atoms with E-state index >= 15 is 0 Å². The first-order chi connectivity index (χ1) is 17.9. The van der Waals surface area contributed by atoms with Gasteiger partial charge in [-0.3, -0.25) is 14.4 Å². The molecule has 1 aliphatic rings. The van der Waals surface area contributed by atoms with E-state index < -0.39 is 0 Å². The van der Waals surface area contributed by atoms with E-state index in [4.69, 9.17) is 14.6 Å². The Morgan fingerprint density at radius 2 is 1.86 bits per heavy atom. The predicted octanol–water partition coefficient (Wildman–Crippen LogP) is 5.27. The molecule has 1 N–H and O–H groups in total. The Bertz CT molecular complexity index is 1400. The second-order valence-corrected chi connectivity index (χ2v) is 10.8. The minimum absolute atomic E-state index is 0.0124. The molecule has 1 saturated heterocycles. The molecule has 0 atom stereocenters. The molecule has 5 rings (SSSR count). The molecule has 1 aliphatic heterocycles. The summed E-state index contributed by atoms with van der Waals surface area (Å²) in [6.45, 7) is 5.99. The smallest absolute Gasteiger partial charge is 0.261 e. The van der Waals surface area contributed by atoms with Crippen LogP contribution in [-0.4, -0.2) is 54.4 Å². The fourth-order valence-electron chi connectivity index (χ4n) is 5.09. The number of methoxy groups -OCH3 is 2. The number of likely N-dealkylation sites (tertiary alicyclic amines) is 1. The van der Waals surface area contributed by atoms with Gasteiger partial charge in [0.15, 0.2) is 11.5 Å². The van der Waals surface area contributed by atoms with Gasteiger partial charge in [-0.2, -0.15) is 5.10 Å². The number of fused-ring (bicyclic) bond motifs is 1. The molecule has 1 amide bonds.